The second-order valence-corrected chi connectivity index (χ2v) is 5.72. The molecule has 1 aliphatic rings. The summed E-state index contributed by atoms with van der Waals surface area (Å²) in [5.41, 5.74) is 0. The number of piperidine rings is 1. The van der Waals surface area contributed by atoms with Crippen LogP contribution < -0.4 is 5.32 Å². The van der Waals surface area contributed by atoms with E-state index in [-0.39, 0.29) is 24.0 Å². The highest BCUT2D eigenvalue weighted by atomic mass is 19.4. The lowest BCUT2D eigenvalue weighted by Crippen LogP contribution is -2.52. The molecule has 7 heteroatoms. The fourth-order valence-electron chi connectivity index (χ4n) is 2.59. The quantitative estimate of drug-likeness (QED) is 0.764. The molecule has 0 amide bonds. The van der Waals surface area contributed by atoms with Crippen molar-refractivity contribution in [3.05, 3.63) is 0 Å². The zero-order valence-corrected chi connectivity index (χ0v) is 12.9. The molecule has 4 nitrogen and oxygen atoms in total. The molecule has 0 aliphatic carbocycles. The van der Waals surface area contributed by atoms with Crippen molar-refractivity contribution >= 4 is 5.97 Å². The van der Waals surface area contributed by atoms with E-state index in [1.807, 2.05) is 13.8 Å². The Balaban J connectivity index is 2.47. The first kappa shape index (κ1) is 18.2. The summed E-state index contributed by atoms with van der Waals surface area (Å²) in [5.74, 6) is -0.173. The first-order valence-electron chi connectivity index (χ1n) is 7.39. The van der Waals surface area contributed by atoms with E-state index < -0.39 is 12.7 Å². The van der Waals surface area contributed by atoms with Gasteiger partial charge in [-0.25, -0.2) is 0 Å². The van der Waals surface area contributed by atoms with Crippen LogP contribution in [0.1, 0.15) is 33.1 Å². The Kier molecular flexibility index (Phi) is 6.93. The normalized spacial score (nSPS) is 21.0. The summed E-state index contributed by atoms with van der Waals surface area (Å²) in [7, 11) is 1.35. The van der Waals surface area contributed by atoms with Gasteiger partial charge in [-0.3, -0.25) is 9.69 Å². The van der Waals surface area contributed by atoms with Crippen LogP contribution >= 0.6 is 0 Å². The van der Waals surface area contributed by atoms with Crippen molar-refractivity contribution < 1.29 is 22.7 Å². The molecule has 0 aromatic heterocycles. The SMILES string of the molecule is CCC(C)C(NC1CCN(CC(F)(F)F)CC1)C(=O)OC. The van der Waals surface area contributed by atoms with Gasteiger partial charge in [0.05, 0.1) is 13.7 Å². The number of rotatable bonds is 6. The summed E-state index contributed by atoms with van der Waals surface area (Å²) in [6, 6.07) is -0.327. The first-order chi connectivity index (χ1) is 9.76. The molecule has 0 aromatic carbocycles. The zero-order valence-electron chi connectivity index (χ0n) is 12.9. The molecule has 1 saturated heterocycles. The maximum atomic E-state index is 12.3. The molecule has 0 aromatic rings. The van der Waals surface area contributed by atoms with Gasteiger partial charge in [0.1, 0.15) is 6.04 Å². The Labute approximate surface area is 124 Å². The standard InChI is InChI=1S/C14H25F3N2O2/c1-4-10(2)12(13(20)21-3)18-11-5-7-19(8-6-11)9-14(15,16)17/h10-12,18H,4-9H2,1-3H3. The van der Waals surface area contributed by atoms with E-state index >= 15 is 0 Å². The van der Waals surface area contributed by atoms with Gasteiger partial charge in [0, 0.05) is 6.04 Å². The van der Waals surface area contributed by atoms with Gasteiger partial charge in [-0.05, 0) is 31.8 Å². The average molecular weight is 310 g/mol. The number of hydrogen-bond acceptors (Lipinski definition) is 4. The smallest absolute Gasteiger partial charge is 0.401 e. The van der Waals surface area contributed by atoms with Gasteiger partial charge < -0.3 is 10.1 Å². The highest BCUT2D eigenvalue weighted by Crippen LogP contribution is 2.20. The Morgan fingerprint density at radius 2 is 1.95 bits per heavy atom. The maximum Gasteiger partial charge on any atom is 0.401 e. The van der Waals surface area contributed by atoms with E-state index in [4.69, 9.17) is 4.74 Å². The third-order valence-electron chi connectivity index (χ3n) is 4.07. The van der Waals surface area contributed by atoms with Crippen molar-refractivity contribution in [2.45, 2.75) is 51.4 Å². The van der Waals surface area contributed by atoms with Crippen molar-refractivity contribution in [3.8, 4) is 0 Å². The van der Waals surface area contributed by atoms with Crippen molar-refractivity contribution in [1.82, 2.24) is 10.2 Å². The van der Waals surface area contributed by atoms with E-state index in [2.05, 4.69) is 5.32 Å². The lowest BCUT2D eigenvalue weighted by Gasteiger charge is -2.35. The lowest BCUT2D eigenvalue weighted by molar-refractivity contribution is -0.148. The summed E-state index contributed by atoms with van der Waals surface area (Å²) in [4.78, 5) is 13.2. The molecule has 0 radical (unpaired) electrons. The molecular formula is C14H25F3N2O2. The number of nitrogens with one attached hydrogen (secondary N) is 1. The van der Waals surface area contributed by atoms with Crippen molar-refractivity contribution in [2.75, 3.05) is 26.7 Å². The highest BCUT2D eigenvalue weighted by molar-refractivity contribution is 5.76. The third kappa shape index (κ3) is 6.22. The molecule has 2 atom stereocenters. The fraction of sp³-hybridized carbons (Fsp3) is 0.929. The number of ether oxygens (including phenoxy) is 1. The van der Waals surface area contributed by atoms with E-state index in [9.17, 15) is 18.0 Å². The molecule has 124 valence electrons. The van der Waals surface area contributed by atoms with E-state index in [0.717, 1.165) is 6.42 Å². The maximum absolute atomic E-state index is 12.3. The van der Waals surface area contributed by atoms with Gasteiger partial charge >= 0.3 is 12.1 Å². The number of methoxy groups -OCH3 is 1. The number of carbonyl (C=O) groups excluding carboxylic acids is 1. The molecule has 1 heterocycles. The first-order valence-corrected chi connectivity index (χ1v) is 7.39. The summed E-state index contributed by atoms with van der Waals surface area (Å²) >= 11 is 0. The minimum absolute atomic E-state index is 0.0626. The molecule has 1 rings (SSSR count). The van der Waals surface area contributed by atoms with Crippen LogP contribution in [0.25, 0.3) is 0 Å². The number of hydrogen-bond donors (Lipinski definition) is 1. The van der Waals surface area contributed by atoms with Gasteiger partial charge in [-0.2, -0.15) is 13.2 Å². The van der Waals surface area contributed by atoms with E-state index in [1.54, 1.807) is 0 Å². The number of halogens is 3. The Hall–Kier alpha value is -0.820. The molecule has 0 saturated carbocycles. The minimum Gasteiger partial charge on any atom is -0.468 e. The molecule has 21 heavy (non-hydrogen) atoms. The number of alkyl halides is 3. The Bertz CT molecular complexity index is 329. The van der Waals surface area contributed by atoms with E-state index in [0.29, 0.717) is 25.9 Å². The fourth-order valence-corrected chi connectivity index (χ4v) is 2.59. The Morgan fingerprint density at radius 1 is 1.38 bits per heavy atom. The predicted octanol–water partition coefficient (Wildman–Crippen LogP) is 2.19. The van der Waals surface area contributed by atoms with Gasteiger partial charge in [-0.15, -0.1) is 0 Å². The van der Waals surface area contributed by atoms with Crippen LogP contribution in [-0.4, -0.2) is 55.9 Å². The third-order valence-corrected chi connectivity index (χ3v) is 4.07. The van der Waals surface area contributed by atoms with Crippen LogP contribution in [0.5, 0.6) is 0 Å². The zero-order chi connectivity index (χ0) is 16.0. The van der Waals surface area contributed by atoms with Crippen molar-refractivity contribution in [3.63, 3.8) is 0 Å². The number of likely N-dealkylation sites (tertiary alicyclic amines) is 1. The number of esters is 1. The van der Waals surface area contributed by atoms with Crippen LogP contribution in [0, 0.1) is 5.92 Å². The summed E-state index contributed by atoms with van der Waals surface area (Å²) in [5, 5.41) is 3.26. The van der Waals surface area contributed by atoms with Crippen LogP contribution in [0.2, 0.25) is 0 Å². The van der Waals surface area contributed by atoms with Crippen molar-refractivity contribution in [2.24, 2.45) is 5.92 Å². The molecular weight excluding hydrogens is 285 g/mol. The molecule has 0 spiro atoms. The van der Waals surface area contributed by atoms with Gasteiger partial charge in [0.15, 0.2) is 0 Å². The summed E-state index contributed by atoms with van der Waals surface area (Å²) < 4.78 is 41.8. The average Bonchev–Trinajstić information content (AvgIpc) is 2.43. The van der Waals surface area contributed by atoms with Gasteiger partial charge in [0.2, 0.25) is 0 Å². The molecule has 2 unspecified atom stereocenters. The summed E-state index contributed by atoms with van der Waals surface area (Å²) in [6.07, 6.45) is -2.09. The van der Waals surface area contributed by atoms with Gasteiger partial charge in [0.25, 0.3) is 0 Å². The molecule has 1 aliphatic heterocycles. The second kappa shape index (κ2) is 7.98. The van der Waals surface area contributed by atoms with E-state index in [1.165, 1.54) is 12.0 Å². The minimum atomic E-state index is -4.15. The molecule has 0 bridgehead atoms. The lowest BCUT2D eigenvalue weighted by atomic mass is 9.96. The number of nitrogens with zero attached hydrogens (tertiary/aromatic N) is 1. The van der Waals surface area contributed by atoms with Crippen LogP contribution in [0.3, 0.4) is 0 Å². The monoisotopic (exact) mass is 310 g/mol. The molecule has 1 N–H and O–H groups in total. The van der Waals surface area contributed by atoms with Crippen LogP contribution in [0.4, 0.5) is 13.2 Å². The van der Waals surface area contributed by atoms with Gasteiger partial charge in [-0.1, -0.05) is 20.3 Å². The Morgan fingerprint density at radius 3 is 2.38 bits per heavy atom. The van der Waals surface area contributed by atoms with Crippen LogP contribution in [-0.2, 0) is 9.53 Å². The topological polar surface area (TPSA) is 41.6 Å². The molecule has 1 fully saturated rings. The highest BCUT2D eigenvalue weighted by Gasteiger charge is 2.34. The predicted molar refractivity (Wildman–Crippen MR) is 73.9 cm³/mol. The van der Waals surface area contributed by atoms with Crippen molar-refractivity contribution in [1.29, 1.82) is 0 Å². The van der Waals surface area contributed by atoms with Crippen LogP contribution in [0.15, 0.2) is 0 Å². The largest absolute Gasteiger partial charge is 0.468 e. The second-order valence-electron chi connectivity index (χ2n) is 5.72. The summed E-state index contributed by atoms with van der Waals surface area (Å²) in [6.45, 7) is 3.89. The number of carbonyl (C=O) groups is 1.